The van der Waals surface area contributed by atoms with Gasteiger partial charge in [0.05, 0.1) is 0 Å². The average molecular weight is 254 g/mol. The first-order chi connectivity index (χ1) is 5.26. The lowest BCUT2D eigenvalue weighted by molar-refractivity contribution is -0.189. The zero-order chi connectivity index (χ0) is 9.57. The molecule has 0 aromatic heterocycles. The minimum atomic E-state index is -2.29. The predicted molar refractivity (Wildman–Crippen MR) is 41.1 cm³/mol. The molecule has 0 aromatic rings. The fourth-order valence-corrected chi connectivity index (χ4v) is 0.870. The van der Waals surface area contributed by atoms with Crippen LogP contribution < -0.4 is 0 Å². The normalized spacial score (nSPS) is 26.0. The van der Waals surface area contributed by atoms with Crippen molar-refractivity contribution in [2.45, 2.75) is 9.04 Å². The Morgan fingerprint density at radius 3 is 1.33 bits per heavy atom. The minimum absolute atomic E-state index is 1.35. The Morgan fingerprint density at radius 2 is 1.08 bits per heavy atom. The van der Waals surface area contributed by atoms with Gasteiger partial charge in [-0.05, 0) is 46.4 Å². The van der Waals surface area contributed by atoms with Crippen molar-refractivity contribution in [3.05, 3.63) is 0 Å². The summed E-state index contributed by atoms with van der Waals surface area (Å²) in [5.41, 5.74) is 0. The van der Waals surface area contributed by atoms with Gasteiger partial charge in [0, 0.05) is 0 Å². The number of carbonyl (C=O) groups excluding carboxylic acids is 2. The minimum Gasteiger partial charge on any atom is -0.413 e. The predicted octanol–water partition coefficient (Wildman–Crippen LogP) is 1.35. The lowest BCUT2D eigenvalue weighted by Crippen LogP contribution is -2.51. The topological polar surface area (TPSA) is 52.6 Å². The SMILES string of the molecule is O=C1OC(Cl)(Cl)C(Cl)(Cl)OC1=O. The molecule has 0 aliphatic carbocycles. The number of carbonyl (C=O) groups is 2. The maximum atomic E-state index is 10.5. The van der Waals surface area contributed by atoms with Crippen LogP contribution in [0.4, 0.5) is 0 Å². The van der Waals surface area contributed by atoms with Crippen molar-refractivity contribution in [2.75, 3.05) is 0 Å². The number of cyclic esters (lactones) is 2. The van der Waals surface area contributed by atoms with Gasteiger partial charge in [0.2, 0.25) is 0 Å². The third-order valence-electron chi connectivity index (χ3n) is 0.947. The van der Waals surface area contributed by atoms with Crippen LogP contribution in [0.25, 0.3) is 0 Å². The van der Waals surface area contributed by atoms with E-state index < -0.39 is 21.0 Å². The molecule has 4 nitrogen and oxygen atoms in total. The van der Waals surface area contributed by atoms with Crippen LogP contribution in [0, 0.1) is 0 Å². The lowest BCUT2D eigenvalue weighted by Gasteiger charge is -2.33. The van der Waals surface area contributed by atoms with Crippen LogP contribution in [-0.2, 0) is 19.1 Å². The second kappa shape index (κ2) is 2.80. The molecule has 8 heteroatoms. The van der Waals surface area contributed by atoms with Crippen LogP contribution in [0.3, 0.4) is 0 Å². The summed E-state index contributed by atoms with van der Waals surface area (Å²) in [7, 11) is 0. The van der Waals surface area contributed by atoms with E-state index in [0.29, 0.717) is 0 Å². The van der Waals surface area contributed by atoms with E-state index in [9.17, 15) is 9.59 Å². The van der Waals surface area contributed by atoms with E-state index in [0.717, 1.165) is 0 Å². The van der Waals surface area contributed by atoms with Crippen molar-refractivity contribution < 1.29 is 19.1 Å². The van der Waals surface area contributed by atoms with Gasteiger partial charge in [-0.15, -0.1) is 0 Å². The van der Waals surface area contributed by atoms with E-state index in [1.54, 1.807) is 0 Å². The first kappa shape index (κ1) is 10.2. The highest BCUT2D eigenvalue weighted by molar-refractivity contribution is 6.62. The number of hydrogen-bond acceptors (Lipinski definition) is 4. The molecular formula is C4Cl4O4. The van der Waals surface area contributed by atoms with Crippen molar-refractivity contribution in [1.29, 1.82) is 0 Å². The van der Waals surface area contributed by atoms with Crippen molar-refractivity contribution in [1.82, 2.24) is 0 Å². The molecule has 0 unspecified atom stereocenters. The van der Waals surface area contributed by atoms with Crippen molar-refractivity contribution in [2.24, 2.45) is 0 Å². The molecule has 12 heavy (non-hydrogen) atoms. The van der Waals surface area contributed by atoms with Crippen LogP contribution in [0.1, 0.15) is 0 Å². The van der Waals surface area contributed by atoms with E-state index in [1.165, 1.54) is 0 Å². The maximum Gasteiger partial charge on any atom is 0.420 e. The number of alkyl halides is 4. The Morgan fingerprint density at radius 1 is 0.833 bits per heavy atom. The molecule has 0 amide bonds. The summed E-state index contributed by atoms with van der Waals surface area (Å²) in [6.07, 6.45) is 0. The molecule has 0 radical (unpaired) electrons. The molecule has 1 heterocycles. The van der Waals surface area contributed by atoms with Gasteiger partial charge < -0.3 is 9.47 Å². The number of rotatable bonds is 0. The zero-order valence-electron chi connectivity index (χ0n) is 5.14. The molecule has 1 rings (SSSR count). The van der Waals surface area contributed by atoms with Crippen molar-refractivity contribution in [3.63, 3.8) is 0 Å². The summed E-state index contributed by atoms with van der Waals surface area (Å²) in [5.74, 6) is -2.70. The highest BCUT2D eigenvalue weighted by Crippen LogP contribution is 2.46. The molecular weight excluding hydrogens is 254 g/mol. The summed E-state index contributed by atoms with van der Waals surface area (Å²) in [4.78, 5) is 21.0. The second-order valence-corrected chi connectivity index (χ2v) is 4.33. The van der Waals surface area contributed by atoms with Gasteiger partial charge in [-0.2, -0.15) is 0 Å². The molecule has 0 aromatic carbocycles. The van der Waals surface area contributed by atoms with Gasteiger partial charge >= 0.3 is 21.0 Å². The molecule has 0 spiro atoms. The van der Waals surface area contributed by atoms with Gasteiger partial charge in [-0.3, -0.25) is 0 Å². The summed E-state index contributed by atoms with van der Waals surface area (Å²) in [6, 6.07) is 0. The summed E-state index contributed by atoms with van der Waals surface area (Å²) in [5, 5.41) is 0. The lowest BCUT2D eigenvalue weighted by atomic mass is 10.6. The van der Waals surface area contributed by atoms with Crippen molar-refractivity contribution >= 4 is 58.3 Å². The molecule has 1 fully saturated rings. The largest absolute Gasteiger partial charge is 0.420 e. The molecule has 0 bridgehead atoms. The van der Waals surface area contributed by atoms with Gasteiger partial charge in [0.15, 0.2) is 0 Å². The third-order valence-corrected chi connectivity index (χ3v) is 2.71. The fraction of sp³-hybridized carbons (Fsp3) is 0.500. The second-order valence-electron chi connectivity index (χ2n) is 1.81. The molecule has 1 aliphatic heterocycles. The number of esters is 2. The van der Waals surface area contributed by atoms with E-state index in [2.05, 4.69) is 9.47 Å². The van der Waals surface area contributed by atoms with Gasteiger partial charge in [-0.1, -0.05) is 0 Å². The fourth-order valence-electron chi connectivity index (χ4n) is 0.435. The first-order valence-electron chi connectivity index (χ1n) is 2.48. The number of ether oxygens (including phenoxy) is 2. The van der Waals surface area contributed by atoms with Crippen LogP contribution in [0.2, 0.25) is 0 Å². The standard InChI is InChI=1S/C4Cl4O4/c5-3(6)4(7,8)12-2(10)1(9)11-3. The van der Waals surface area contributed by atoms with E-state index >= 15 is 0 Å². The Kier molecular flexibility index (Phi) is 2.38. The van der Waals surface area contributed by atoms with E-state index in [-0.39, 0.29) is 0 Å². The Labute approximate surface area is 86.6 Å². The first-order valence-corrected chi connectivity index (χ1v) is 3.99. The average Bonchev–Trinajstić information content (AvgIpc) is 1.82. The van der Waals surface area contributed by atoms with E-state index in [1.807, 2.05) is 0 Å². The van der Waals surface area contributed by atoms with Crippen molar-refractivity contribution in [3.8, 4) is 0 Å². The quantitative estimate of drug-likeness (QED) is 0.372. The number of hydrogen-bond donors (Lipinski definition) is 0. The Hall–Kier alpha value is 0.1000. The van der Waals surface area contributed by atoms with Crippen LogP contribution >= 0.6 is 46.4 Å². The van der Waals surface area contributed by atoms with Crippen LogP contribution in [-0.4, -0.2) is 21.0 Å². The molecule has 1 saturated heterocycles. The summed E-state index contributed by atoms with van der Waals surface area (Å²) in [6.45, 7) is 0. The molecule has 0 N–H and O–H groups in total. The molecule has 0 saturated carbocycles. The maximum absolute atomic E-state index is 10.5. The number of halogens is 4. The highest BCUT2D eigenvalue weighted by atomic mass is 35.5. The zero-order valence-corrected chi connectivity index (χ0v) is 8.17. The third kappa shape index (κ3) is 1.57. The van der Waals surface area contributed by atoms with E-state index in [4.69, 9.17) is 46.4 Å². The van der Waals surface area contributed by atoms with Gasteiger partial charge in [0.25, 0.3) is 0 Å². The van der Waals surface area contributed by atoms with Crippen LogP contribution in [0.15, 0.2) is 0 Å². The van der Waals surface area contributed by atoms with Crippen LogP contribution in [0.5, 0.6) is 0 Å². The van der Waals surface area contributed by atoms with Gasteiger partial charge in [0.1, 0.15) is 0 Å². The summed E-state index contributed by atoms with van der Waals surface area (Å²) < 4.78 is 3.73. The highest BCUT2D eigenvalue weighted by Gasteiger charge is 2.60. The Bertz CT molecular complexity index is 221. The smallest absolute Gasteiger partial charge is 0.413 e. The molecule has 68 valence electrons. The molecule has 0 atom stereocenters. The monoisotopic (exact) mass is 252 g/mol. The summed E-state index contributed by atoms with van der Waals surface area (Å²) >= 11 is 21.2. The van der Waals surface area contributed by atoms with Gasteiger partial charge in [-0.25, -0.2) is 9.59 Å². The molecule has 1 aliphatic rings. The Balaban J connectivity index is 2.95.